The lowest BCUT2D eigenvalue weighted by Gasteiger charge is -2.09. The summed E-state index contributed by atoms with van der Waals surface area (Å²) < 4.78 is 4.60. The minimum absolute atomic E-state index is 0.402. The van der Waals surface area contributed by atoms with E-state index in [-0.39, 0.29) is 0 Å². The molecular weight excluding hydrogens is 242 g/mol. The summed E-state index contributed by atoms with van der Waals surface area (Å²) in [5, 5.41) is 0. The smallest absolute Gasteiger partial charge is 0.322 e. The third-order valence-electron chi connectivity index (χ3n) is 2.81. The fourth-order valence-corrected chi connectivity index (χ4v) is 1.77. The predicted molar refractivity (Wildman–Crippen MR) is 71.2 cm³/mol. The van der Waals surface area contributed by atoms with Gasteiger partial charge in [-0.05, 0) is 17.5 Å². The van der Waals surface area contributed by atoms with Crippen LogP contribution in [0.1, 0.15) is 5.56 Å². The van der Waals surface area contributed by atoms with Crippen LogP contribution in [-0.4, -0.2) is 29.1 Å². The zero-order valence-electron chi connectivity index (χ0n) is 10.6. The highest BCUT2D eigenvalue weighted by Gasteiger charge is 2.13. The maximum Gasteiger partial charge on any atom is 0.322 e. The van der Waals surface area contributed by atoms with E-state index in [1.807, 2.05) is 24.3 Å². The van der Waals surface area contributed by atoms with Crippen LogP contribution in [-0.2, 0) is 16.0 Å². The van der Waals surface area contributed by atoms with Crippen molar-refractivity contribution in [2.24, 2.45) is 5.73 Å². The molecular formula is C14H15N3O2. The average molecular weight is 257 g/mol. The van der Waals surface area contributed by atoms with Crippen molar-refractivity contribution in [2.75, 3.05) is 7.11 Å². The van der Waals surface area contributed by atoms with Gasteiger partial charge in [-0.25, -0.2) is 9.97 Å². The van der Waals surface area contributed by atoms with E-state index in [1.165, 1.54) is 13.4 Å². The Labute approximate surface area is 111 Å². The number of ether oxygens (including phenoxy) is 1. The van der Waals surface area contributed by atoms with Crippen molar-refractivity contribution >= 4 is 5.97 Å². The van der Waals surface area contributed by atoms with Gasteiger partial charge >= 0.3 is 5.97 Å². The molecule has 0 bridgehead atoms. The van der Waals surface area contributed by atoms with Gasteiger partial charge in [0.05, 0.1) is 7.11 Å². The van der Waals surface area contributed by atoms with Gasteiger partial charge in [0.1, 0.15) is 12.4 Å². The van der Waals surface area contributed by atoms with Crippen molar-refractivity contribution in [2.45, 2.75) is 12.5 Å². The summed E-state index contributed by atoms with van der Waals surface area (Å²) in [4.78, 5) is 19.2. The number of rotatable bonds is 4. The molecule has 0 saturated heterocycles. The maximum atomic E-state index is 11.2. The van der Waals surface area contributed by atoms with Crippen molar-refractivity contribution in [3.63, 3.8) is 0 Å². The standard InChI is InChI=1S/C14H15N3O2/c1-19-14(18)13(15)6-10-2-4-11(5-3-10)12-7-16-9-17-8-12/h2-5,7-9,13H,6,15H2,1H3/t13-/m0/s1. The third kappa shape index (κ3) is 3.35. The molecule has 0 amide bonds. The van der Waals surface area contributed by atoms with Crippen molar-refractivity contribution in [1.82, 2.24) is 9.97 Å². The lowest BCUT2D eigenvalue weighted by Crippen LogP contribution is -2.33. The highest BCUT2D eigenvalue weighted by Crippen LogP contribution is 2.18. The molecule has 0 fully saturated rings. The number of nitrogens with two attached hydrogens (primary N) is 1. The van der Waals surface area contributed by atoms with E-state index in [0.717, 1.165) is 16.7 Å². The molecule has 0 radical (unpaired) electrons. The Morgan fingerprint density at radius 2 is 1.84 bits per heavy atom. The molecule has 1 aromatic carbocycles. The molecule has 19 heavy (non-hydrogen) atoms. The normalized spacial score (nSPS) is 11.9. The van der Waals surface area contributed by atoms with Crippen molar-refractivity contribution in [1.29, 1.82) is 0 Å². The molecule has 5 heteroatoms. The Hall–Kier alpha value is -2.27. The predicted octanol–water partition coefficient (Wildman–Crippen LogP) is 1.19. The van der Waals surface area contributed by atoms with Gasteiger partial charge in [-0.3, -0.25) is 4.79 Å². The molecule has 2 aromatic rings. The van der Waals surface area contributed by atoms with Crippen LogP contribution in [0.5, 0.6) is 0 Å². The quantitative estimate of drug-likeness (QED) is 0.832. The van der Waals surface area contributed by atoms with Crippen molar-refractivity contribution < 1.29 is 9.53 Å². The number of benzene rings is 1. The third-order valence-corrected chi connectivity index (χ3v) is 2.81. The average Bonchev–Trinajstić information content (AvgIpc) is 2.48. The first kappa shape index (κ1) is 13.2. The fourth-order valence-electron chi connectivity index (χ4n) is 1.77. The second kappa shape index (κ2) is 6.06. The van der Waals surface area contributed by atoms with E-state index in [4.69, 9.17) is 5.73 Å². The van der Waals surface area contributed by atoms with Crippen LogP contribution in [0.3, 0.4) is 0 Å². The van der Waals surface area contributed by atoms with Crippen LogP contribution >= 0.6 is 0 Å². The molecule has 1 atom stereocenters. The number of carbonyl (C=O) groups excluding carboxylic acids is 1. The van der Waals surface area contributed by atoms with Gasteiger partial charge in [0.2, 0.25) is 0 Å². The van der Waals surface area contributed by atoms with E-state index in [1.54, 1.807) is 12.4 Å². The summed E-state index contributed by atoms with van der Waals surface area (Å²) in [6.07, 6.45) is 5.45. The SMILES string of the molecule is COC(=O)[C@@H](N)Cc1ccc(-c2cncnc2)cc1. The Morgan fingerprint density at radius 1 is 1.21 bits per heavy atom. The first-order valence-corrected chi connectivity index (χ1v) is 5.88. The van der Waals surface area contributed by atoms with Gasteiger partial charge in [0, 0.05) is 18.0 Å². The maximum absolute atomic E-state index is 11.2. The van der Waals surface area contributed by atoms with Gasteiger partial charge in [-0.1, -0.05) is 24.3 Å². The Morgan fingerprint density at radius 3 is 2.42 bits per heavy atom. The second-order valence-corrected chi connectivity index (χ2v) is 4.16. The van der Waals surface area contributed by atoms with Crippen molar-refractivity contribution in [3.8, 4) is 11.1 Å². The zero-order chi connectivity index (χ0) is 13.7. The van der Waals surface area contributed by atoms with Gasteiger partial charge < -0.3 is 10.5 Å². The highest BCUT2D eigenvalue weighted by molar-refractivity contribution is 5.75. The molecule has 1 aromatic heterocycles. The molecule has 0 aliphatic carbocycles. The molecule has 98 valence electrons. The minimum atomic E-state index is -0.629. The number of hydrogen-bond donors (Lipinski definition) is 1. The largest absolute Gasteiger partial charge is 0.468 e. The lowest BCUT2D eigenvalue weighted by molar-refractivity contribution is -0.142. The number of nitrogens with zero attached hydrogens (tertiary/aromatic N) is 2. The number of hydrogen-bond acceptors (Lipinski definition) is 5. The minimum Gasteiger partial charge on any atom is -0.468 e. The molecule has 0 aliphatic rings. The number of aromatic nitrogens is 2. The molecule has 0 aliphatic heterocycles. The molecule has 2 rings (SSSR count). The summed E-state index contributed by atoms with van der Waals surface area (Å²) >= 11 is 0. The summed E-state index contributed by atoms with van der Waals surface area (Å²) in [5.74, 6) is -0.402. The highest BCUT2D eigenvalue weighted by atomic mass is 16.5. The number of esters is 1. The number of methoxy groups -OCH3 is 1. The van der Waals surface area contributed by atoms with Crippen LogP contribution < -0.4 is 5.73 Å². The van der Waals surface area contributed by atoms with Gasteiger partial charge in [0.15, 0.2) is 0 Å². The summed E-state index contributed by atoms with van der Waals surface area (Å²) in [5.41, 5.74) is 8.67. The molecule has 0 saturated carbocycles. The van der Waals surface area contributed by atoms with Crippen molar-refractivity contribution in [3.05, 3.63) is 48.5 Å². The van der Waals surface area contributed by atoms with E-state index in [9.17, 15) is 4.79 Å². The van der Waals surface area contributed by atoms with Gasteiger partial charge in [0.25, 0.3) is 0 Å². The topological polar surface area (TPSA) is 78.1 Å². The number of carbonyl (C=O) groups is 1. The second-order valence-electron chi connectivity index (χ2n) is 4.16. The summed E-state index contributed by atoms with van der Waals surface area (Å²) in [7, 11) is 1.33. The lowest BCUT2D eigenvalue weighted by atomic mass is 10.0. The molecule has 2 N–H and O–H groups in total. The van der Waals surface area contributed by atoms with Crippen LogP contribution in [0.2, 0.25) is 0 Å². The monoisotopic (exact) mass is 257 g/mol. The van der Waals surface area contributed by atoms with Crippen LogP contribution in [0.25, 0.3) is 11.1 Å². The molecule has 0 unspecified atom stereocenters. The van der Waals surface area contributed by atoms with E-state index >= 15 is 0 Å². The molecule has 0 spiro atoms. The summed E-state index contributed by atoms with van der Waals surface area (Å²) in [6.45, 7) is 0. The Bertz CT molecular complexity index is 540. The molecule has 5 nitrogen and oxygen atoms in total. The Balaban J connectivity index is 2.09. The van der Waals surface area contributed by atoms with E-state index in [2.05, 4.69) is 14.7 Å². The van der Waals surface area contributed by atoms with Gasteiger partial charge in [-0.2, -0.15) is 0 Å². The molecule has 1 heterocycles. The van der Waals surface area contributed by atoms with E-state index in [0.29, 0.717) is 6.42 Å². The van der Waals surface area contributed by atoms with Crippen LogP contribution in [0.15, 0.2) is 43.0 Å². The van der Waals surface area contributed by atoms with Crippen LogP contribution in [0.4, 0.5) is 0 Å². The zero-order valence-corrected chi connectivity index (χ0v) is 10.6. The fraction of sp³-hybridized carbons (Fsp3) is 0.214. The first-order valence-electron chi connectivity index (χ1n) is 5.88. The van der Waals surface area contributed by atoms with Crippen LogP contribution in [0, 0.1) is 0 Å². The Kier molecular flexibility index (Phi) is 4.20. The summed E-state index contributed by atoms with van der Waals surface area (Å²) in [6, 6.07) is 7.16. The van der Waals surface area contributed by atoms with E-state index < -0.39 is 12.0 Å². The van der Waals surface area contributed by atoms with Gasteiger partial charge in [-0.15, -0.1) is 0 Å². The first-order chi connectivity index (χ1) is 9.20.